The second-order valence-corrected chi connectivity index (χ2v) is 3.36. The largest absolute Gasteiger partial charge is 0.481 e. The summed E-state index contributed by atoms with van der Waals surface area (Å²) in [4.78, 5) is 10.7. The maximum Gasteiger partial charge on any atom is 0.307 e. The third-order valence-corrected chi connectivity index (χ3v) is 2.45. The number of rotatable bonds is 1. The highest BCUT2D eigenvalue weighted by Crippen LogP contribution is 2.27. The molecule has 3 heteroatoms. The standard InChI is InChI=1S/C10H9FO2/c11-9-2-1-6-3-8(10(12)13)4-7(6)5-9/h1-2,5,8H,3-4H2,(H,12,13). The van der Waals surface area contributed by atoms with Crippen molar-refractivity contribution in [3.63, 3.8) is 0 Å². The van der Waals surface area contributed by atoms with Crippen molar-refractivity contribution in [3.05, 3.63) is 35.1 Å². The van der Waals surface area contributed by atoms with Gasteiger partial charge in [0.1, 0.15) is 5.82 Å². The number of aliphatic carboxylic acids is 1. The van der Waals surface area contributed by atoms with Crippen molar-refractivity contribution in [3.8, 4) is 0 Å². The van der Waals surface area contributed by atoms with Gasteiger partial charge in [-0.05, 0) is 36.1 Å². The van der Waals surface area contributed by atoms with Crippen molar-refractivity contribution in [1.82, 2.24) is 0 Å². The molecule has 1 N–H and O–H groups in total. The Kier molecular flexibility index (Phi) is 1.79. The van der Waals surface area contributed by atoms with E-state index >= 15 is 0 Å². The smallest absolute Gasteiger partial charge is 0.307 e. The molecule has 0 heterocycles. The van der Waals surface area contributed by atoms with Crippen molar-refractivity contribution in [1.29, 1.82) is 0 Å². The molecule has 1 unspecified atom stereocenters. The van der Waals surface area contributed by atoms with Crippen molar-refractivity contribution in [2.45, 2.75) is 12.8 Å². The van der Waals surface area contributed by atoms with Crippen LogP contribution in [0.4, 0.5) is 4.39 Å². The minimum absolute atomic E-state index is 0.287. The molecule has 1 aliphatic carbocycles. The van der Waals surface area contributed by atoms with Crippen LogP contribution in [0.2, 0.25) is 0 Å². The van der Waals surface area contributed by atoms with Crippen LogP contribution >= 0.6 is 0 Å². The van der Waals surface area contributed by atoms with Crippen LogP contribution in [0.5, 0.6) is 0 Å². The molecule has 0 aromatic heterocycles. The number of carboxylic acid groups (broad SMARTS) is 1. The van der Waals surface area contributed by atoms with E-state index in [4.69, 9.17) is 5.11 Å². The number of halogens is 1. The first-order chi connectivity index (χ1) is 6.16. The Hall–Kier alpha value is -1.38. The topological polar surface area (TPSA) is 37.3 Å². The Morgan fingerprint density at radius 3 is 2.77 bits per heavy atom. The van der Waals surface area contributed by atoms with E-state index in [9.17, 15) is 9.18 Å². The van der Waals surface area contributed by atoms with Gasteiger partial charge < -0.3 is 5.11 Å². The lowest BCUT2D eigenvalue weighted by Crippen LogP contribution is -2.12. The zero-order chi connectivity index (χ0) is 9.42. The molecule has 0 bridgehead atoms. The van der Waals surface area contributed by atoms with Gasteiger partial charge >= 0.3 is 5.97 Å². The van der Waals surface area contributed by atoms with Gasteiger partial charge in [0, 0.05) is 0 Å². The summed E-state index contributed by atoms with van der Waals surface area (Å²) in [5.74, 6) is -1.45. The maximum absolute atomic E-state index is 12.7. The summed E-state index contributed by atoms with van der Waals surface area (Å²) < 4.78 is 12.7. The predicted molar refractivity (Wildman–Crippen MR) is 44.9 cm³/mol. The van der Waals surface area contributed by atoms with E-state index in [1.165, 1.54) is 12.1 Å². The minimum Gasteiger partial charge on any atom is -0.481 e. The molecule has 2 nitrogen and oxygen atoms in total. The van der Waals surface area contributed by atoms with Crippen molar-refractivity contribution in [2.24, 2.45) is 5.92 Å². The van der Waals surface area contributed by atoms with Gasteiger partial charge in [0.2, 0.25) is 0 Å². The summed E-state index contributed by atoms with van der Waals surface area (Å²) in [5, 5.41) is 8.76. The average molecular weight is 180 g/mol. The second-order valence-electron chi connectivity index (χ2n) is 3.36. The van der Waals surface area contributed by atoms with E-state index < -0.39 is 5.97 Å². The Bertz CT molecular complexity index is 360. The zero-order valence-corrected chi connectivity index (χ0v) is 6.96. The Morgan fingerprint density at radius 2 is 2.08 bits per heavy atom. The zero-order valence-electron chi connectivity index (χ0n) is 6.96. The molecule has 1 aromatic rings. The third-order valence-electron chi connectivity index (χ3n) is 2.45. The minimum atomic E-state index is -0.795. The fourth-order valence-electron chi connectivity index (χ4n) is 1.76. The quantitative estimate of drug-likeness (QED) is 0.713. The van der Waals surface area contributed by atoms with E-state index in [2.05, 4.69) is 0 Å². The summed E-state index contributed by atoms with van der Waals surface area (Å²) in [6.07, 6.45) is 0.993. The molecule has 0 spiro atoms. The van der Waals surface area contributed by atoms with Gasteiger partial charge in [-0.2, -0.15) is 0 Å². The second kappa shape index (κ2) is 2.83. The fourth-order valence-corrected chi connectivity index (χ4v) is 1.76. The Balaban J connectivity index is 2.30. The molecule has 68 valence electrons. The SMILES string of the molecule is O=C(O)C1Cc2ccc(F)cc2C1. The molecule has 1 atom stereocenters. The van der Waals surface area contributed by atoms with Crippen molar-refractivity contribution >= 4 is 5.97 Å². The van der Waals surface area contributed by atoms with E-state index in [1.807, 2.05) is 0 Å². The number of hydrogen-bond donors (Lipinski definition) is 1. The first-order valence-corrected chi connectivity index (χ1v) is 4.17. The molecule has 2 rings (SSSR count). The fraction of sp³-hybridized carbons (Fsp3) is 0.300. The van der Waals surface area contributed by atoms with E-state index in [-0.39, 0.29) is 11.7 Å². The first kappa shape index (κ1) is 8.23. The van der Waals surface area contributed by atoms with E-state index in [0.717, 1.165) is 11.1 Å². The lowest BCUT2D eigenvalue weighted by Gasteiger charge is -1.98. The van der Waals surface area contributed by atoms with Gasteiger partial charge in [-0.15, -0.1) is 0 Å². The van der Waals surface area contributed by atoms with Crippen molar-refractivity contribution < 1.29 is 14.3 Å². The van der Waals surface area contributed by atoms with Gasteiger partial charge in [0.25, 0.3) is 0 Å². The lowest BCUT2D eigenvalue weighted by atomic mass is 10.1. The third kappa shape index (κ3) is 1.41. The van der Waals surface area contributed by atoms with Gasteiger partial charge in [-0.1, -0.05) is 6.07 Å². The van der Waals surface area contributed by atoms with Crippen LogP contribution in [0, 0.1) is 11.7 Å². The molecule has 1 aliphatic rings. The molecule has 0 aliphatic heterocycles. The number of hydrogen-bond acceptors (Lipinski definition) is 1. The van der Waals surface area contributed by atoms with E-state index in [0.29, 0.717) is 12.8 Å². The molecular weight excluding hydrogens is 171 g/mol. The number of carbonyl (C=O) groups is 1. The monoisotopic (exact) mass is 180 g/mol. The van der Waals surface area contributed by atoms with E-state index in [1.54, 1.807) is 6.07 Å². The van der Waals surface area contributed by atoms with Crippen LogP contribution in [0.15, 0.2) is 18.2 Å². The first-order valence-electron chi connectivity index (χ1n) is 4.17. The molecule has 13 heavy (non-hydrogen) atoms. The molecule has 0 fully saturated rings. The Morgan fingerprint density at radius 1 is 1.38 bits per heavy atom. The summed E-state index contributed by atoms with van der Waals surface area (Å²) >= 11 is 0. The highest BCUT2D eigenvalue weighted by Gasteiger charge is 2.26. The number of fused-ring (bicyclic) bond motifs is 1. The van der Waals surface area contributed by atoms with Crippen LogP contribution in [0.3, 0.4) is 0 Å². The van der Waals surface area contributed by atoms with Crippen LogP contribution in [-0.2, 0) is 17.6 Å². The predicted octanol–water partition coefficient (Wildman–Crippen LogP) is 1.63. The van der Waals surface area contributed by atoms with Crippen LogP contribution < -0.4 is 0 Å². The molecule has 0 amide bonds. The average Bonchev–Trinajstić information content (AvgIpc) is 2.46. The molecule has 1 aromatic carbocycles. The summed E-state index contributed by atoms with van der Waals surface area (Å²) in [5.41, 5.74) is 1.81. The van der Waals surface area contributed by atoms with Gasteiger partial charge in [-0.3, -0.25) is 4.79 Å². The Labute approximate surface area is 75.0 Å². The van der Waals surface area contributed by atoms with Gasteiger partial charge in [-0.25, -0.2) is 4.39 Å². The van der Waals surface area contributed by atoms with Gasteiger partial charge in [0.05, 0.1) is 5.92 Å². The van der Waals surface area contributed by atoms with Crippen LogP contribution in [0.1, 0.15) is 11.1 Å². The molecular formula is C10H9FO2. The molecule has 0 radical (unpaired) electrons. The number of benzene rings is 1. The summed E-state index contributed by atoms with van der Waals surface area (Å²) in [7, 11) is 0. The van der Waals surface area contributed by atoms with Crippen LogP contribution in [-0.4, -0.2) is 11.1 Å². The number of carboxylic acids is 1. The summed E-state index contributed by atoms with van der Waals surface area (Å²) in [6.45, 7) is 0. The van der Waals surface area contributed by atoms with Crippen LogP contribution in [0.25, 0.3) is 0 Å². The normalized spacial score (nSPS) is 19.9. The van der Waals surface area contributed by atoms with Crippen molar-refractivity contribution in [2.75, 3.05) is 0 Å². The highest BCUT2D eigenvalue weighted by molar-refractivity contribution is 5.72. The lowest BCUT2D eigenvalue weighted by molar-refractivity contribution is -0.141. The highest BCUT2D eigenvalue weighted by atomic mass is 19.1. The summed E-state index contributed by atoms with van der Waals surface area (Å²) in [6, 6.07) is 4.48. The van der Waals surface area contributed by atoms with Gasteiger partial charge in [0.15, 0.2) is 0 Å². The molecule has 0 saturated heterocycles. The maximum atomic E-state index is 12.7. The molecule has 0 saturated carbocycles.